The van der Waals surface area contributed by atoms with Gasteiger partial charge in [-0.2, -0.15) is 4.98 Å². The number of fused-ring (bicyclic) bond motifs is 9. The van der Waals surface area contributed by atoms with E-state index in [4.69, 9.17) is 4.98 Å². The van der Waals surface area contributed by atoms with Crippen LogP contribution in [0.3, 0.4) is 0 Å². The highest BCUT2D eigenvalue weighted by Crippen LogP contribution is 2.59. The van der Waals surface area contributed by atoms with Gasteiger partial charge in [0.1, 0.15) is 0 Å². The van der Waals surface area contributed by atoms with E-state index in [-0.39, 0.29) is 16.4 Å². The molecule has 1 fully saturated rings. The van der Waals surface area contributed by atoms with Gasteiger partial charge in [0, 0.05) is 45.3 Å². The summed E-state index contributed by atoms with van der Waals surface area (Å²) in [6.45, 7) is 11.0. The normalized spacial score (nSPS) is 27.4. The summed E-state index contributed by atoms with van der Waals surface area (Å²) in [4.78, 5) is 22.4. The first-order valence-corrected chi connectivity index (χ1v) is 9.59. The van der Waals surface area contributed by atoms with Crippen molar-refractivity contribution < 1.29 is 0 Å². The summed E-state index contributed by atoms with van der Waals surface area (Å²) in [6.07, 6.45) is 4.33. The lowest BCUT2D eigenvalue weighted by Gasteiger charge is -2.25. The second-order valence-electron chi connectivity index (χ2n) is 9.42. The largest absolute Gasteiger partial charge is 0.304 e. The molecule has 0 amide bonds. The van der Waals surface area contributed by atoms with Crippen LogP contribution in [0.15, 0.2) is 29.2 Å². The van der Waals surface area contributed by atoms with E-state index >= 15 is 0 Å². The Hall–Kier alpha value is -2.23. The van der Waals surface area contributed by atoms with Crippen molar-refractivity contribution in [2.45, 2.75) is 64.2 Å². The van der Waals surface area contributed by atoms with Crippen molar-refractivity contribution in [1.82, 2.24) is 14.4 Å². The molecule has 3 heterocycles. The van der Waals surface area contributed by atoms with E-state index in [0.717, 1.165) is 40.6 Å². The molecule has 5 rings (SSSR count). The molecule has 3 atom stereocenters. The van der Waals surface area contributed by atoms with Gasteiger partial charge in [-0.15, -0.1) is 0 Å². The average molecular weight is 347 g/mol. The van der Waals surface area contributed by atoms with Crippen LogP contribution in [0.2, 0.25) is 0 Å². The molecule has 2 aliphatic rings. The summed E-state index contributed by atoms with van der Waals surface area (Å²) >= 11 is 0. The zero-order valence-electron chi connectivity index (χ0n) is 16.1. The first-order chi connectivity index (χ1) is 12.2. The average Bonchev–Trinajstić information content (AvgIpc) is 2.99. The van der Waals surface area contributed by atoms with Gasteiger partial charge in [0.25, 0.3) is 5.56 Å². The standard InChI is InChI=1S/C22H25N3O/c1-12-13-8-10-22(12,5)17-18(13)25-11-9-15-14(19(25)24-20(17)26)6-7-16(23-15)21(2,3)4/h6-7,9,11-13H,8,10H2,1-5H3. The molecule has 4 nitrogen and oxygen atoms in total. The van der Waals surface area contributed by atoms with Crippen molar-refractivity contribution >= 4 is 16.6 Å². The number of hydrogen-bond acceptors (Lipinski definition) is 3. The lowest BCUT2D eigenvalue weighted by Crippen LogP contribution is -2.31. The van der Waals surface area contributed by atoms with Crippen LogP contribution in [-0.2, 0) is 10.8 Å². The summed E-state index contributed by atoms with van der Waals surface area (Å²) < 4.78 is 2.17. The monoisotopic (exact) mass is 347 g/mol. The highest BCUT2D eigenvalue weighted by Gasteiger charge is 2.54. The Labute approximate surface area is 153 Å². The van der Waals surface area contributed by atoms with Gasteiger partial charge in [-0.05, 0) is 37.0 Å². The van der Waals surface area contributed by atoms with Gasteiger partial charge >= 0.3 is 0 Å². The Morgan fingerprint density at radius 2 is 1.96 bits per heavy atom. The lowest BCUT2D eigenvalue weighted by molar-refractivity contribution is 0.383. The predicted octanol–water partition coefficient (Wildman–Crippen LogP) is 4.33. The predicted molar refractivity (Wildman–Crippen MR) is 104 cm³/mol. The van der Waals surface area contributed by atoms with E-state index < -0.39 is 0 Å². The van der Waals surface area contributed by atoms with Crippen LogP contribution in [0.5, 0.6) is 0 Å². The van der Waals surface area contributed by atoms with E-state index in [2.05, 4.69) is 68.4 Å². The topological polar surface area (TPSA) is 47.3 Å². The van der Waals surface area contributed by atoms with Crippen LogP contribution < -0.4 is 5.56 Å². The Balaban J connectivity index is 1.86. The number of rotatable bonds is 0. The van der Waals surface area contributed by atoms with Crippen molar-refractivity contribution in [1.29, 1.82) is 0 Å². The van der Waals surface area contributed by atoms with Crippen molar-refractivity contribution in [3.63, 3.8) is 0 Å². The SMILES string of the molecule is CC1C2CCC1(C)c1c2n2ccc3nc(C(C)(C)C)ccc3c2nc1=O. The molecule has 0 saturated heterocycles. The summed E-state index contributed by atoms with van der Waals surface area (Å²) in [5.74, 6) is 0.958. The first kappa shape index (κ1) is 16.0. The maximum Gasteiger partial charge on any atom is 0.277 e. The van der Waals surface area contributed by atoms with Gasteiger partial charge in [0.05, 0.1) is 5.52 Å². The van der Waals surface area contributed by atoms with Gasteiger partial charge < -0.3 is 4.40 Å². The smallest absolute Gasteiger partial charge is 0.277 e. The highest BCUT2D eigenvalue weighted by atomic mass is 16.1. The molecular weight excluding hydrogens is 322 g/mol. The molecule has 0 radical (unpaired) electrons. The van der Waals surface area contributed by atoms with E-state index in [1.54, 1.807) is 0 Å². The summed E-state index contributed by atoms with van der Waals surface area (Å²) in [6, 6.07) is 6.22. The second kappa shape index (κ2) is 4.73. The molecule has 2 aliphatic carbocycles. The molecule has 3 aromatic rings. The number of nitrogens with zero attached hydrogens (tertiary/aromatic N) is 3. The van der Waals surface area contributed by atoms with Gasteiger partial charge in [-0.25, -0.2) is 0 Å². The minimum atomic E-state index is -0.0380. The third-order valence-electron chi connectivity index (χ3n) is 6.99. The Morgan fingerprint density at radius 1 is 1.19 bits per heavy atom. The Bertz CT molecular complexity index is 1140. The number of pyridine rings is 2. The Kier molecular flexibility index (Phi) is 2.91. The first-order valence-electron chi connectivity index (χ1n) is 9.59. The van der Waals surface area contributed by atoms with Gasteiger partial charge in [-0.3, -0.25) is 9.78 Å². The fraction of sp³-hybridized carbons (Fsp3) is 0.500. The molecule has 3 unspecified atom stereocenters. The van der Waals surface area contributed by atoms with Crippen LogP contribution in [0, 0.1) is 5.92 Å². The van der Waals surface area contributed by atoms with Gasteiger partial charge in [0.2, 0.25) is 0 Å². The Morgan fingerprint density at radius 3 is 2.69 bits per heavy atom. The maximum atomic E-state index is 13.0. The molecule has 4 heteroatoms. The third kappa shape index (κ3) is 1.82. The van der Waals surface area contributed by atoms with Crippen LogP contribution in [0.4, 0.5) is 0 Å². The van der Waals surface area contributed by atoms with E-state index in [1.807, 2.05) is 0 Å². The lowest BCUT2D eigenvalue weighted by atomic mass is 9.79. The van der Waals surface area contributed by atoms with Crippen molar-refractivity contribution in [3.05, 3.63) is 51.7 Å². The molecule has 1 saturated carbocycles. The third-order valence-corrected chi connectivity index (χ3v) is 6.99. The molecule has 134 valence electrons. The fourth-order valence-electron chi connectivity index (χ4n) is 5.25. The second-order valence-corrected chi connectivity index (χ2v) is 9.42. The molecular formula is C22H25N3O. The molecule has 26 heavy (non-hydrogen) atoms. The molecule has 0 aliphatic heterocycles. The van der Waals surface area contributed by atoms with Crippen molar-refractivity contribution in [2.75, 3.05) is 0 Å². The van der Waals surface area contributed by atoms with Crippen LogP contribution in [0.1, 0.15) is 70.3 Å². The van der Waals surface area contributed by atoms with Crippen LogP contribution in [0.25, 0.3) is 16.6 Å². The summed E-state index contributed by atoms with van der Waals surface area (Å²) in [5, 5.41) is 0.959. The highest BCUT2D eigenvalue weighted by molar-refractivity contribution is 5.91. The van der Waals surface area contributed by atoms with E-state index in [0.29, 0.717) is 11.8 Å². The minimum Gasteiger partial charge on any atom is -0.304 e. The molecule has 0 N–H and O–H groups in total. The fourth-order valence-corrected chi connectivity index (χ4v) is 5.25. The molecule has 2 bridgehead atoms. The maximum absolute atomic E-state index is 13.0. The number of hydrogen-bond donors (Lipinski definition) is 0. The molecule has 3 aromatic heterocycles. The van der Waals surface area contributed by atoms with E-state index in [1.165, 1.54) is 5.69 Å². The minimum absolute atomic E-state index is 0.00543. The van der Waals surface area contributed by atoms with Crippen molar-refractivity contribution in [3.8, 4) is 0 Å². The summed E-state index contributed by atoms with van der Waals surface area (Å²) in [5.41, 5.74) is 4.81. The molecule has 0 spiro atoms. The zero-order valence-corrected chi connectivity index (χ0v) is 16.1. The quantitative estimate of drug-likeness (QED) is 0.569. The molecule has 0 aromatic carbocycles. The zero-order chi connectivity index (χ0) is 18.4. The van der Waals surface area contributed by atoms with Gasteiger partial charge in [-0.1, -0.05) is 34.6 Å². The summed E-state index contributed by atoms with van der Waals surface area (Å²) in [7, 11) is 0. The van der Waals surface area contributed by atoms with Crippen LogP contribution in [-0.4, -0.2) is 14.4 Å². The number of aromatic nitrogens is 3. The van der Waals surface area contributed by atoms with E-state index in [9.17, 15) is 4.79 Å². The van der Waals surface area contributed by atoms with Crippen molar-refractivity contribution in [2.24, 2.45) is 5.92 Å². The van der Waals surface area contributed by atoms with Crippen LogP contribution >= 0.6 is 0 Å². The van der Waals surface area contributed by atoms with Gasteiger partial charge in [0.15, 0.2) is 5.65 Å².